The molecule has 1 heterocycles. The minimum absolute atomic E-state index is 0.525. The summed E-state index contributed by atoms with van der Waals surface area (Å²) in [6.07, 6.45) is 4.70. The van der Waals surface area contributed by atoms with Gasteiger partial charge in [0.15, 0.2) is 0 Å². The Morgan fingerprint density at radius 2 is 2.31 bits per heavy atom. The van der Waals surface area contributed by atoms with Gasteiger partial charge >= 0.3 is 0 Å². The Morgan fingerprint density at radius 3 is 2.94 bits per heavy atom. The average molecular weight is 220 g/mol. The maximum Gasteiger partial charge on any atom is 0.213 e. The Hall–Kier alpha value is -1.35. The maximum atomic E-state index is 5.64. The number of ether oxygens (including phenoxy) is 1. The van der Waals surface area contributed by atoms with Gasteiger partial charge in [0, 0.05) is 18.3 Å². The molecule has 0 spiro atoms. The van der Waals surface area contributed by atoms with E-state index < -0.39 is 0 Å². The highest BCUT2D eigenvalue weighted by atomic mass is 16.5. The molecule has 0 fully saturated rings. The van der Waals surface area contributed by atoms with Gasteiger partial charge in [-0.25, -0.2) is 4.98 Å². The third-order valence-corrected chi connectivity index (χ3v) is 2.23. The molecule has 0 aliphatic carbocycles. The van der Waals surface area contributed by atoms with Crippen LogP contribution in [-0.4, -0.2) is 11.6 Å². The monoisotopic (exact) mass is 220 g/mol. The van der Waals surface area contributed by atoms with Crippen molar-refractivity contribution in [1.82, 2.24) is 4.98 Å². The minimum Gasteiger partial charge on any atom is -0.477 e. The first kappa shape index (κ1) is 12.7. The molecule has 0 saturated heterocycles. The largest absolute Gasteiger partial charge is 0.477 e. The van der Waals surface area contributed by atoms with Gasteiger partial charge in [0.05, 0.1) is 6.61 Å². The summed E-state index contributed by atoms with van der Waals surface area (Å²) in [5, 5.41) is 0. The second kappa shape index (κ2) is 7.01. The van der Waals surface area contributed by atoms with Gasteiger partial charge in [-0.05, 0) is 24.5 Å². The van der Waals surface area contributed by atoms with Crippen molar-refractivity contribution >= 4 is 0 Å². The van der Waals surface area contributed by atoms with Crippen LogP contribution >= 0.6 is 0 Å². The van der Waals surface area contributed by atoms with Gasteiger partial charge in [0.25, 0.3) is 0 Å². The third kappa shape index (κ3) is 4.03. The molecule has 88 valence electrons. The van der Waals surface area contributed by atoms with E-state index in [1.807, 2.05) is 18.2 Å². The number of nitrogens with two attached hydrogens (primary N) is 1. The molecule has 0 radical (unpaired) electrons. The molecular weight excluding hydrogens is 200 g/mol. The lowest BCUT2D eigenvalue weighted by Gasteiger charge is -2.08. The van der Waals surface area contributed by atoms with Crippen molar-refractivity contribution < 1.29 is 4.74 Å². The fourth-order valence-corrected chi connectivity index (χ4v) is 1.44. The zero-order valence-electron chi connectivity index (χ0n) is 9.91. The zero-order valence-corrected chi connectivity index (χ0v) is 9.91. The normalized spacial score (nSPS) is 10.1. The van der Waals surface area contributed by atoms with Crippen LogP contribution in [0.15, 0.2) is 24.8 Å². The predicted octanol–water partition coefficient (Wildman–Crippen LogP) is 2.45. The van der Waals surface area contributed by atoms with Crippen LogP contribution in [0.2, 0.25) is 0 Å². The van der Waals surface area contributed by atoms with Crippen molar-refractivity contribution in [2.45, 2.75) is 32.7 Å². The van der Waals surface area contributed by atoms with Crippen LogP contribution in [0.1, 0.15) is 31.0 Å². The fourth-order valence-electron chi connectivity index (χ4n) is 1.44. The van der Waals surface area contributed by atoms with Crippen molar-refractivity contribution in [3.8, 4) is 5.88 Å². The van der Waals surface area contributed by atoms with E-state index in [1.165, 1.54) is 0 Å². The molecule has 3 heteroatoms. The molecular formula is C13H20N2O. The molecule has 3 nitrogen and oxygen atoms in total. The first-order chi connectivity index (χ1) is 7.80. The third-order valence-electron chi connectivity index (χ3n) is 2.23. The second-order valence-corrected chi connectivity index (χ2v) is 3.68. The van der Waals surface area contributed by atoms with Crippen LogP contribution in [0.25, 0.3) is 0 Å². The lowest BCUT2D eigenvalue weighted by molar-refractivity contribution is 0.311. The van der Waals surface area contributed by atoms with Gasteiger partial charge in [-0.2, -0.15) is 0 Å². The lowest BCUT2D eigenvalue weighted by Crippen LogP contribution is -2.04. The first-order valence-corrected chi connectivity index (χ1v) is 5.73. The molecule has 0 bridgehead atoms. The Kier molecular flexibility index (Phi) is 5.57. The summed E-state index contributed by atoms with van der Waals surface area (Å²) in [4.78, 5) is 4.43. The predicted molar refractivity (Wildman–Crippen MR) is 66.4 cm³/mol. The van der Waals surface area contributed by atoms with Crippen molar-refractivity contribution in [3.05, 3.63) is 36.0 Å². The zero-order chi connectivity index (χ0) is 11.8. The molecule has 1 rings (SSSR count). The maximum absolute atomic E-state index is 5.64. The van der Waals surface area contributed by atoms with E-state index in [0.717, 1.165) is 30.5 Å². The number of aryl methyl sites for hydroxylation is 1. The van der Waals surface area contributed by atoms with E-state index in [9.17, 15) is 0 Å². The summed E-state index contributed by atoms with van der Waals surface area (Å²) in [7, 11) is 0. The Bertz CT molecular complexity index is 337. The quantitative estimate of drug-likeness (QED) is 0.567. The molecule has 16 heavy (non-hydrogen) atoms. The van der Waals surface area contributed by atoms with E-state index in [-0.39, 0.29) is 0 Å². The molecule has 0 aliphatic rings. The molecule has 2 N–H and O–H groups in total. The van der Waals surface area contributed by atoms with E-state index >= 15 is 0 Å². The van der Waals surface area contributed by atoms with Crippen molar-refractivity contribution in [2.75, 3.05) is 6.61 Å². The van der Waals surface area contributed by atoms with Gasteiger partial charge in [0.1, 0.15) is 0 Å². The number of nitrogens with zero attached hydrogens (tertiary/aromatic N) is 1. The van der Waals surface area contributed by atoms with Gasteiger partial charge in [0.2, 0.25) is 5.88 Å². The SMILES string of the molecule is C=CCCOc1cc(CN)cc(CCC)n1. The van der Waals surface area contributed by atoms with Gasteiger partial charge in [-0.1, -0.05) is 19.4 Å². The number of hydrogen-bond acceptors (Lipinski definition) is 3. The van der Waals surface area contributed by atoms with Crippen LogP contribution in [0.5, 0.6) is 5.88 Å². The van der Waals surface area contributed by atoms with E-state index in [0.29, 0.717) is 19.0 Å². The summed E-state index contributed by atoms with van der Waals surface area (Å²) in [6, 6.07) is 3.95. The highest BCUT2D eigenvalue weighted by Gasteiger charge is 2.02. The van der Waals surface area contributed by atoms with Crippen molar-refractivity contribution in [1.29, 1.82) is 0 Å². The lowest BCUT2D eigenvalue weighted by atomic mass is 10.1. The van der Waals surface area contributed by atoms with Gasteiger partial charge < -0.3 is 10.5 Å². The summed E-state index contributed by atoms with van der Waals surface area (Å²) in [5.74, 6) is 0.674. The van der Waals surface area contributed by atoms with E-state index in [4.69, 9.17) is 10.5 Å². The number of aromatic nitrogens is 1. The van der Waals surface area contributed by atoms with Crippen molar-refractivity contribution in [2.24, 2.45) is 5.73 Å². The molecule has 0 amide bonds. The summed E-state index contributed by atoms with van der Waals surface area (Å²) >= 11 is 0. The molecule has 1 aromatic heterocycles. The van der Waals surface area contributed by atoms with Crippen LogP contribution < -0.4 is 10.5 Å². The van der Waals surface area contributed by atoms with Crippen LogP contribution in [-0.2, 0) is 13.0 Å². The fraction of sp³-hybridized carbons (Fsp3) is 0.462. The molecule has 0 atom stereocenters. The highest BCUT2D eigenvalue weighted by Crippen LogP contribution is 2.14. The summed E-state index contributed by atoms with van der Waals surface area (Å²) < 4.78 is 5.54. The number of hydrogen-bond donors (Lipinski definition) is 1. The second-order valence-electron chi connectivity index (χ2n) is 3.68. The van der Waals surface area contributed by atoms with Crippen LogP contribution in [0.3, 0.4) is 0 Å². The summed E-state index contributed by atoms with van der Waals surface area (Å²) in [6.45, 7) is 6.93. The molecule has 0 aromatic carbocycles. The summed E-state index contributed by atoms with van der Waals surface area (Å²) in [5.41, 5.74) is 7.77. The average Bonchev–Trinajstić information content (AvgIpc) is 2.29. The molecule has 0 unspecified atom stereocenters. The molecule has 1 aromatic rings. The topological polar surface area (TPSA) is 48.1 Å². The first-order valence-electron chi connectivity index (χ1n) is 5.73. The van der Waals surface area contributed by atoms with E-state index in [2.05, 4.69) is 18.5 Å². The van der Waals surface area contributed by atoms with Crippen LogP contribution in [0, 0.1) is 0 Å². The highest BCUT2D eigenvalue weighted by molar-refractivity contribution is 5.25. The minimum atomic E-state index is 0.525. The van der Waals surface area contributed by atoms with Gasteiger partial charge in [-0.15, -0.1) is 6.58 Å². The smallest absolute Gasteiger partial charge is 0.213 e. The molecule has 0 saturated carbocycles. The number of pyridine rings is 1. The van der Waals surface area contributed by atoms with Crippen LogP contribution in [0.4, 0.5) is 0 Å². The standard InChI is InChI=1S/C13H20N2O/c1-3-5-7-16-13-9-11(10-14)8-12(15-13)6-4-2/h3,8-9H,1,4-7,10,14H2,2H3. The Morgan fingerprint density at radius 1 is 1.50 bits per heavy atom. The Labute approximate surface area is 97.3 Å². The Balaban J connectivity index is 2.73. The van der Waals surface area contributed by atoms with Gasteiger partial charge in [-0.3, -0.25) is 0 Å². The number of rotatable bonds is 7. The van der Waals surface area contributed by atoms with E-state index in [1.54, 1.807) is 0 Å². The molecule has 0 aliphatic heterocycles. The van der Waals surface area contributed by atoms with Crippen molar-refractivity contribution in [3.63, 3.8) is 0 Å².